The van der Waals surface area contributed by atoms with Crippen molar-refractivity contribution in [3.05, 3.63) is 68.7 Å². The number of aliphatic hydroxyl groups is 1. The molecule has 2 aromatic rings. The van der Waals surface area contributed by atoms with Gasteiger partial charge in [0.25, 0.3) is 0 Å². The Morgan fingerprint density at radius 2 is 1.70 bits per heavy atom. The summed E-state index contributed by atoms with van der Waals surface area (Å²) in [6.07, 6.45) is 1.49. The molecular weight excluding hydrogens is 312 g/mol. The molecule has 0 aromatic heterocycles. The zero-order chi connectivity index (χ0) is 14.7. The molecule has 0 heterocycles. The van der Waals surface area contributed by atoms with E-state index in [2.05, 4.69) is 41.9 Å². The minimum Gasteiger partial charge on any atom is -0.384 e. The molecule has 0 saturated carbocycles. The molecule has 2 aromatic carbocycles. The lowest BCUT2D eigenvalue weighted by Gasteiger charge is -2.17. The molecule has 1 nitrogen and oxygen atoms in total. The van der Waals surface area contributed by atoms with Gasteiger partial charge in [-0.05, 0) is 59.7 Å². The summed E-state index contributed by atoms with van der Waals surface area (Å²) in [5.74, 6) is 0. The van der Waals surface area contributed by atoms with Gasteiger partial charge in [-0.3, -0.25) is 0 Å². The van der Waals surface area contributed by atoms with Crippen molar-refractivity contribution in [1.29, 1.82) is 0 Å². The number of hydrogen-bond donors (Lipinski definition) is 1. The first-order valence-electron chi connectivity index (χ1n) is 7.12. The van der Waals surface area contributed by atoms with Crippen molar-refractivity contribution in [3.63, 3.8) is 0 Å². The van der Waals surface area contributed by atoms with Crippen LogP contribution in [0, 0.1) is 6.92 Å². The topological polar surface area (TPSA) is 20.2 Å². The standard InChI is InChI=1S/C18H21BrO/c1-4-13-6-7-15(11-14(13)5-2)18(20)17-9-8-16(19)10-12(17)3/h6-11,18,20H,4-5H2,1-3H3. The second-order valence-corrected chi connectivity index (χ2v) is 6.05. The van der Waals surface area contributed by atoms with Crippen molar-refractivity contribution in [1.82, 2.24) is 0 Å². The second kappa shape index (κ2) is 6.55. The van der Waals surface area contributed by atoms with Crippen molar-refractivity contribution in [2.75, 3.05) is 0 Å². The highest BCUT2D eigenvalue weighted by molar-refractivity contribution is 9.10. The highest BCUT2D eigenvalue weighted by Gasteiger charge is 2.14. The van der Waals surface area contributed by atoms with E-state index in [1.807, 2.05) is 31.2 Å². The molecule has 20 heavy (non-hydrogen) atoms. The second-order valence-electron chi connectivity index (χ2n) is 5.14. The fraction of sp³-hybridized carbons (Fsp3) is 0.333. The van der Waals surface area contributed by atoms with Gasteiger partial charge in [0, 0.05) is 4.47 Å². The molecule has 0 fully saturated rings. The van der Waals surface area contributed by atoms with E-state index in [0.29, 0.717) is 0 Å². The normalized spacial score (nSPS) is 12.4. The molecule has 1 atom stereocenters. The van der Waals surface area contributed by atoms with Gasteiger partial charge in [-0.25, -0.2) is 0 Å². The third-order valence-electron chi connectivity index (χ3n) is 3.83. The smallest absolute Gasteiger partial charge is 0.104 e. The highest BCUT2D eigenvalue weighted by atomic mass is 79.9. The van der Waals surface area contributed by atoms with Crippen LogP contribution >= 0.6 is 15.9 Å². The Labute approximate surface area is 129 Å². The monoisotopic (exact) mass is 332 g/mol. The van der Waals surface area contributed by atoms with Crippen molar-refractivity contribution < 1.29 is 5.11 Å². The van der Waals surface area contributed by atoms with Crippen LogP contribution in [0.3, 0.4) is 0 Å². The largest absolute Gasteiger partial charge is 0.384 e. The predicted octanol–water partition coefficient (Wildman–Crippen LogP) is 4.96. The number of hydrogen-bond acceptors (Lipinski definition) is 1. The van der Waals surface area contributed by atoms with E-state index < -0.39 is 6.10 Å². The molecule has 0 aliphatic rings. The molecule has 0 amide bonds. The van der Waals surface area contributed by atoms with Gasteiger partial charge in [0.05, 0.1) is 0 Å². The maximum absolute atomic E-state index is 10.6. The molecule has 2 heteroatoms. The van der Waals surface area contributed by atoms with Crippen LogP contribution in [-0.2, 0) is 12.8 Å². The number of halogens is 1. The number of aliphatic hydroxyl groups excluding tert-OH is 1. The summed E-state index contributed by atoms with van der Waals surface area (Å²) in [4.78, 5) is 0. The van der Waals surface area contributed by atoms with E-state index >= 15 is 0 Å². The van der Waals surface area contributed by atoms with Gasteiger partial charge in [0.2, 0.25) is 0 Å². The van der Waals surface area contributed by atoms with Crippen molar-refractivity contribution in [2.45, 2.75) is 39.7 Å². The predicted molar refractivity (Wildman–Crippen MR) is 88.1 cm³/mol. The van der Waals surface area contributed by atoms with Crippen LogP contribution in [0.25, 0.3) is 0 Å². The Bertz CT molecular complexity index is 604. The Balaban J connectivity index is 2.40. The maximum atomic E-state index is 10.6. The Hall–Kier alpha value is -1.12. The van der Waals surface area contributed by atoms with Crippen LogP contribution in [-0.4, -0.2) is 5.11 Å². The average molecular weight is 333 g/mol. The van der Waals surface area contributed by atoms with Crippen LogP contribution in [0.5, 0.6) is 0 Å². The summed E-state index contributed by atoms with van der Waals surface area (Å²) in [6.45, 7) is 6.36. The summed E-state index contributed by atoms with van der Waals surface area (Å²) in [6, 6.07) is 12.3. The first-order chi connectivity index (χ1) is 9.56. The van der Waals surface area contributed by atoms with Crippen molar-refractivity contribution in [2.24, 2.45) is 0 Å². The van der Waals surface area contributed by atoms with E-state index in [-0.39, 0.29) is 0 Å². The molecule has 106 valence electrons. The summed E-state index contributed by atoms with van der Waals surface area (Å²) < 4.78 is 1.04. The zero-order valence-electron chi connectivity index (χ0n) is 12.3. The lowest BCUT2D eigenvalue weighted by molar-refractivity contribution is 0.219. The zero-order valence-corrected chi connectivity index (χ0v) is 13.9. The number of rotatable bonds is 4. The van der Waals surface area contributed by atoms with Gasteiger partial charge in [-0.2, -0.15) is 0 Å². The Morgan fingerprint density at radius 3 is 2.30 bits per heavy atom. The van der Waals surface area contributed by atoms with E-state index in [1.165, 1.54) is 11.1 Å². The lowest BCUT2D eigenvalue weighted by atomic mass is 9.93. The van der Waals surface area contributed by atoms with Crippen LogP contribution in [0.4, 0.5) is 0 Å². The van der Waals surface area contributed by atoms with Gasteiger partial charge < -0.3 is 5.11 Å². The molecular formula is C18H21BrO. The van der Waals surface area contributed by atoms with E-state index in [9.17, 15) is 5.11 Å². The average Bonchev–Trinajstić information content (AvgIpc) is 2.45. The Kier molecular flexibility index (Phi) is 5.00. The van der Waals surface area contributed by atoms with E-state index in [0.717, 1.165) is 34.0 Å². The highest BCUT2D eigenvalue weighted by Crippen LogP contribution is 2.28. The summed E-state index contributed by atoms with van der Waals surface area (Å²) in [7, 11) is 0. The summed E-state index contributed by atoms with van der Waals surface area (Å²) in [5, 5.41) is 10.6. The maximum Gasteiger partial charge on any atom is 0.104 e. The fourth-order valence-electron chi connectivity index (χ4n) is 2.62. The van der Waals surface area contributed by atoms with E-state index in [4.69, 9.17) is 0 Å². The molecule has 0 spiro atoms. The van der Waals surface area contributed by atoms with Gasteiger partial charge in [0.1, 0.15) is 6.10 Å². The molecule has 0 aliphatic carbocycles. The summed E-state index contributed by atoms with van der Waals surface area (Å²) >= 11 is 3.46. The minimum atomic E-state index is -0.556. The summed E-state index contributed by atoms with van der Waals surface area (Å²) in [5.41, 5.74) is 5.75. The first kappa shape index (κ1) is 15.3. The Morgan fingerprint density at radius 1 is 1.00 bits per heavy atom. The van der Waals surface area contributed by atoms with Crippen molar-refractivity contribution >= 4 is 15.9 Å². The third-order valence-corrected chi connectivity index (χ3v) is 4.33. The molecule has 1 unspecified atom stereocenters. The van der Waals surface area contributed by atoms with Crippen LogP contribution in [0.1, 0.15) is 47.8 Å². The number of benzene rings is 2. The minimum absolute atomic E-state index is 0.556. The molecule has 0 aliphatic heterocycles. The lowest BCUT2D eigenvalue weighted by Crippen LogP contribution is -2.04. The molecule has 0 radical (unpaired) electrons. The fourth-order valence-corrected chi connectivity index (χ4v) is 3.09. The van der Waals surface area contributed by atoms with E-state index in [1.54, 1.807) is 0 Å². The molecule has 2 rings (SSSR count). The van der Waals surface area contributed by atoms with Crippen LogP contribution in [0.2, 0.25) is 0 Å². The van der Waals surface area contributed by atoms with Gasteiger partial charge in [-0.1, -0.05) is 54.0 Å². The van der Waals surface area contributed by atoms with Crippen LogP contribution < -0.4 is 0 Å². The molecule has 0 saturated heterocycles. The first-order valence-corrected chi connectivity index (χ1v) is 7.91. The quantitative estimate of drug-likeness (QED) is 0.838. The van der Waals surface area contributed by atoms with Gasteiger partial charge >= 0.3 is 0 Å². The number of aryl methyl sites for hydroxylation is 3. The van der Waals surface area contributed by atoms with Gasteiger partial charge in [-0.15, -0.1) is 0 Å². The van der Waals surface area contributed by atoms with Crippen LogP contribution in [0.15, 0.2) is 40.9 Å². The molecule has 0 bridgehead atoms. The molecule has 1 N–H and O–H groups in total. The third kappa shape index (κ3) is 3.13. The SMILES string of the molecule is CCc1ccc(C(O)c2ccc(Br)cc2C)cc1CC. The van der Waals surface area contributed by atoms with Gasteiger partial charge in [0.15, 0.2) is 0 Å². The van der Waals surface area contributed by atoms with Crippen molar-refractivity contribution in [3.8, 4) is 0 Å².